The van der Waals surface area contributed by atoms with E-state index < -0.39 is 0 Å². The van der Waals surface area contributed by atoms with E-state index in [9.17, 15) is 4.79 Å². The predicted molar refractivity (Wildman–Crippen MR) is 106 cm³/mol. The average Bonchev–Trinajstić information content (AvgIpc) is 3.08. The third kappa shape index (κ3) is 3.65. The summed E-state index contributed by atoms with van der Waals surface area (Å²) in [6.45, 7) is 2.32. The fourth-order valence-corrected chi connectivity index (χ4v) is 3.29. The molecule has 0 spiro atoms. The van der Waals surface area contributed by atoms with Gasteiger partial charge in [-0.15, -0.1) is 0 Å². The minimum Gasteiger partial charge on any atom is -0.492 e. The fourth-order valence-electron chi connectivity index (χ4n) is 2.37. The summed E-state index contributed by atoms with van der Waals surface area (Å²) >= 11 is 1.20. The van der Waals surface area contributed by atoms with E-state index in [0.29, 0.717) is 50.5 Å². The highest BCUT2D eigenvalue weighted by Crippen LogP contribution is 2.34. The number of rotatable bonds is 6. The quantitative estimate of drug-likeness (QED) is 0.439. The molecule has 0 aliphatic rings. The van der Waals surface area contributed by atoms with Crippen LogP contribution in [-0.4, -0.2) is 52.7 Å². The van der Waals surface area contributed by atoms with Gasteiger partial charge < -0.3 is 26.1 Å². The molecule has 0 saturated carbocycles. The minimum absolute atomic E-state index is 0.197. The summed E-state index contributed by atoms with van der Waals surface area (Å²) in [6.07, 6.45) is 2.57. The van der Waals surface area contributed by atoms with Crippen molar-refractivity contribution in [2.45, 2.75) is 6.92 Å². The summed E-state index contributed by atoms with van der Waals surface area (Å²) in [5.41, 5.74) is 8.02. The van der Waals surface area contributed by atoms with Crippen LogP contribution in [0.4, 0.5) is 17.2 Å². The number of nitrogens with two attached hydrogens (primary N) is 1. The smallest absolute Gasteiger partial charge is 0.282 e. The number of amides is 1. The Hall–Kier alpha value is -3.27. The first kappa shape index (κ1) is 18.5. The van der Waals surface area contributed by atoms with Crippen LogP contribution in [0.5, 0.6) is 5.75 Å². The van der Waals surface area contributed by atoms with Crippen molar-refractivity contribution >= 4 is 51.0 Å². The van der Waals surface area contributed by atoms with Gasteiger partial charge in [0.15, 0.2) is 10.8 Å². The van der Waals surface area contributed by atoms with Crippen molar-refractivity contribution in [2.24, 2.45) is 0 Å². The zero-order valence-electron chi connectivity index (χ0n) is 15.1. The van der Waals surface area contributed by atoms with E-state index in [-0.39, 0.29) is 5.91 Å². The molecule has 0 aliphatic carbocycles. The molecule has 4 N–H and O–H groups in total. The summed E-state index contributed by atoms with van der Waals surface area (Å²) < 4.78 is 5.64. The Balaban J connectivity index is 2.06. The van der Waals surface area contributed by atoms with E-state index >= 15 is 0 Å². The molecule has 3 aromatic rings. The molecule has 1 amide bonds. The number of nitrogens with one attached hydrogen (secondary N) is 2. The summed E-state index contributed by atoms with van der Waals surface area (Å²) in [6, 6.07) is 3.37. The first-order chi connectivity index (χ1) is 12.9. The molecule has 0 bridgehead atoms. The molecular formula is C17H19N7O2S. The van der Waals surface area contributed by atoms with Crippen LogP contribution in [0.3, 0.4) is 0 Å². The number of fused-ring (bicyclic) bond motifs is 1. The van der Waals surface area contributed by atoms with Gasteiger partial charge in [-0.25, -0.2) is 15.0 Å². The molecule has 10 heteroatoms. The number of hydrogen-bond donors (Lipinski definition) is 3. The molecule has 0 unspecified atom stereocenters. The van der Waals surface area contributed by atoms with Crippen LogP contribution in [0.15, 0.2) is 18.5 Å². The number of aromatic nitrogens is 3. The number of nitrogen functional groups attached to an aromatic ring is 1. The first-order valence-electron chi connectivity index (χ1n) is 8.11. The molecular weight excluding hydrogens is 366 g/mol. The molecule has 1 aromatic carbocycles. The molecule has 2 aromatic heterocycles. The van der Waals surface area contributed by atoms with Crippen LogP contribution in [0, 0.1) is 5.41 Å². The van der Waals surface area contributed by atoms with Crippen molar-refractivity contribution in [1.82, 2.24) is 19.9 Å². The van der Waals surface area contributed by atoms with Gasteiger partial charge in [-0.3, -0.25) is 4.79 Å². The Labute approximate surface area is 159 Å². The zero-order chi connectivity index (χ0) is 19.6. The van der Waals surface area contributed by atoms with E-state index in [0.717, 1.165) is 0 Å². The van der Waals surface area contributed by atoms with Crippen molar-refractivity contribution in [3.8, 4) is 5.75 Å². The summed E-state index contributed by atoms with van der Waals surface area (Å²) in [5.74, 6) is 0.778. The summed E-state index contributed by atoms with van der Waals surface area (Å²) in [7, 11) is 3.34. The largest absolute Gasteiger partial charge is 0.492 e. The maximum Gasteiger partial charge on any atom is 0.282 e. The van der Waals surface area contributed by atoms with E-state index in [2.05, 4.69) is 20.3 Å². The van der Waals surface area contributed by atoms with Crippen LogP contribution in [0.25, 0.3) is 10.3 Å². The lowest BCUT2D eigenvalue weighted by Crippen LogP contribution is -2.21. The monoisotopic (exact) mass is 385 g/mol. The molecule has 27 heavy (non-hydrogen) atoms. The summed E-state index contributed by atoms with van der Waals surface area (Å²) in [5, 5.41) is 11.0. The molecule has 2 heterocycles. The highest BCUT2D eigenvalue weighted by atomic mass is 32.1. The number of benzene rings is 1. The van der Waals surface area contributed by atoms with Crippen molar-refractivity contribution in [3.63, 3.8) is 0 Å². The predicted octanol–water partition coefficient (Wildman–Crippen LogP) is 2.51. The maximum atomic E-state index is 12.2. The number of carbonyl (C=O) groups is 1. The van der Waals surface area contributed by atoms with E-state index in [4.69, 9.17) is 15.9 Å². The molecule has 0 atom stereocenters. The molecule has 0 radical (unpaired) electrons. The molecule has 0 aliphatic heterocycles. The number of hydrogen-bond acceptors (Lipinski definition) is 9. The average molecular weight is 385 g/mol. The van der Waals surface area contributed by atoms with Gasteiger partial charge >= 0.3 is 0 Å². The van der Waals surface area contributed by atoms with Crippen molar-refractivity contribution in [1.29, 1.82) is 5.41 Å². The van der Waals surface area contributed by atoms with E-state index in [1.807, 2.05) is 6.92 Å². The van der Waals surface area contributed by atoms with E-state index in [1.54, 1.807) is 26.2 Å². The van der Waals surface area contributed by atoms with Gasteiger partial charge in [-0.2, -0.15) is 0 Å². The molecule has 9 nitrogen and oxygen atoms in total. The SMILES string of the molecule is CCOc1cc(N)c(C=N)cc1Nc1ncnc2sc(C(=O)N(C)C)nc12. The van der Waals surface area contributed by atoms with Crippen molar-refractivity contribution in [3.05, 3.63) is 29.0 Å². The van der Waals surface area contributed by atoms with Gasteiger partial charge in [0.1, 0.15) is 22.4 Å². The lowest BCUT2D eigenvalue weighted by atomic mass is 10.1. The Morgan fingerprint density at radius 3 is 2.85 bits per heavy atom. The topological polar surface area (TPSA) is 130 Å². The third-order valence-corrected chi connectivity index (χ3v) is 4.63. The number of nitrogens with zero attached hydrogens (tertiary/aromatic N) is 4. The first-order valence-corrected chi connectivity index (χ1v) is 8.93. The number of ether oxygens (including phenoxy) is 1. The van der Waals surface area contributed by atoms with Crippen molar-refractivity contribution in [2.75, 3.05) is 31.8 Å². The highest BCUT2D eigenvalue weighted by Gasteiger charge is 2.18. The normalized spacial score (nSPS) is 10.6. The molecule has 0 saturated heterocycles. The Morgan fingerprint density at radius 2 is 2.19 bits per heavy atom. The van der Waals surface area contributed by atoms with Crippen LogP contribution in [0.1, 0.15) is 22.3 Å². The Bertz CT molecular complexity index is 1020. The highest BCUT2D eigenvalue weighted by molar-refractivity contribution is 7.19. The lowest BCUT2D eigenvalue weighted by molar-refractivity contribution is 0.0827. The van der Waals surface area contributed by atoms with Gasteiger partial charge in [-0.05, 0) is 13.0 Å². The summed E-state index contributed by atoms with van der Waals surface area (Å²) in [4.78, 5) is 27.1. The maximum absolute atomic E-state index is 12.2. The molecule has 3 rings (SSSR count). The fraction of sp³-hybridized carbons (Fsp3) is 0.235. The molecule has 0 fully saturated rings. The van der Waals surface area contributed by atoms with E-state index in [1.165, 1.54) is 28.8 Å². The second-order valence-corrected chi connectivity index (χ2v) is 6.75. The minimum atomic E-state index is -0.197. The lowest BCUT2D eigenvalue weighted by Gasteiger charge is -2.14. The van der Waals surface area contributed by atoms with Gasteiger partial charge in [0.2, 0.25) is 0 Å². The number of thiazole rings is 1. The van der Waals surface area contributed by atoms with Crippen LogP contribution < -0.4 is 15.8 Å². The number of anilines is 3. The zero-order valence-corrected chi connectivity index (χ0v) is 15.9. The van der Waals surface area contributed by atoms with Crippen molar-refractivity contribution < 1.29 is 9.53 Å². The standard InChI is InChI=1S/C17H19N7O2S/c1-4-26-12-6-10(19)9(7-18)5-11(12)22-14-13-15(21-8-20-14)27-16(23-13)17(25)24(2)3/h5-8,18H,4,19H2,1-3H3,(H,20,21,22). The van der Waals surface area contributed by atoms with Crippen LogP contribution in [0.2, 0.25) is 0 Å². The Morgan fingerprint density at radius 1 is 1.41 bits per heavy atom. The van der Waals surface area contributed by atoms with Gasteiger partial charge in [0.25, 0.3) is 5.91 Å². The third-order valence-electron chi connectivity index (χ3n) is 3.68. The second-order valence-electron chi connectivity index (χ2n) is 5.77. The molecule has 140 valence electrons. The van der Waals surface area contributed by atoms with Gasteiger partial charge in [-0.1, -0.05) is 11.3 Å². The van der Waals surface area contributed by atoms with Gasteiger partial charge in [0.05, 0.1) is 12.3 Å². The number of carbonyl (C=O) groups excluding carboxylic acids is 1. The van der Waals surface area contributed by atoms with Crippen LogP contribution >= 0.6 is 11.3 Å². The van der Waals surface area contributed by atoms with Gasteiger partial charge in [0, 0.05) is 37.6 Å². The van der Waals surface area contributed by atoms with Crippen LogP contribution in [-0.2, 0) is 0 Å². The second kappa shape index (κ2) is 7.54. The Kier molecular flexibility index (Phi) is 5.17.